The fraction of sp³-hybridized carbons (Fsp3) is 0.533. The number of nitrogens with zero attached hydrogens (tertiary/aromatic N) is 1. The molecule has 0 aliphatic rings. The molecule has 0 atom stereocenters. The number of methoxy groups -OCH3 is 1. The van der Waals surface area contributed by atoms with Gasteiger partial charge in [0.1, 0.15) is 11.3 Å². The van der Waals surface area contributed by atoms with Gasteiger partial charge in [-0.05, 0) is 44.5 Å². The Labute approximate surface area is 115 Å². The van der Waals surface area contributed by atoms with Gasteiger partial charge >= 0.3 is 5.97 Å². The second-order valence-corrected chi connectivity index (χ2v) is 5.22. The van der Waals surface area contributed by atoms with Crippen molar-refractivity contribution in [3.05, 3.63) is 29.3 Å². The lowest BCUT2D eigenvalue weighted by atomic mass is 10.0. The van der Waals surface area contributed by atoms with E-state index in [-0.39, 0.29) is 0 Å². The molecule has 106 valence electrons. The molecule has 0 aromatic heterocycles. The van der Waals surface area contributed by atoms with E-state index < -0.39 is 11.5 Å². The topological polar surface area (TPSA) is 49.8 Å². The van der Waals surface area contributed by atoms with Crippen LogP contribution in [0.2, 0.25) is 0 Å². The van der Waals surface area contributed by atoms with Crippen LogP contribution in [-0.4, -0.2) is 35.7 Å². The van der Waals surface area contributed by atoms with E-state index in [0.717, 1.165) is 23.3 Å². The Morgan fingerprint density at radius 3 is 2.53 bits per heavy atom. The van der Waals surface area contributed by atoms with Crippen molar-refractivity contribution in [2.45, 2.75) is 39.3 Å². The number of aliphatic carboxylic acids is 1. The van der Waals surface area contributed by atoms with Crippen LogP contribution in [0.5, 0.6) is 5.75 Å². The maximum atomic E-state index is 11.2. The van der Waals surface area contributed by atoms with Crippen LogP contribution in [0.25, 0.3) is 0 Å². The molecule has 0 unspecified atom stereocenters. The molecule has 1 N–H and O–H groups in total. The van der Waals surface area contributed by atoms with Gasteiger partial charge in [0.25, 0.3) is 0 Å². The van der Waals surface area contributed by atoms with Gasteiger partial charge in [-0.25, -0.2) is 0 Å². The lowest BCUT2D eigenvalue weighted by Crippen LogP contribution is -2.47. The summed E-state index contributed by atoms with van der Waals surface area (Å²) in [5.41, 5.74) is 1.35. The molecular weight excluding hydrogens is 242 g/mol. The summed E-state index contributed by atoms with van der Waals surface area (Å²) in [5.74, 6) is 0.0608. The number of hydrogen-bond donors (Lipinski definition) is 1. The van der Waals surface area contributed by atoms with Crippen LogP contribution < -0.4 is 4.74 Å². The molecule has 1 rings (SSSR count). The minimum Gasteiger partial charge on any atom is -0.496 e. The highest BCUT2D eigenvalue weighted by molar-refractivity contribution is 5.77. The molecule has 0 spiro atoms. The highest BCUT2D eigenvalue weighted by atomic mass is 16.5. The first-order chi connectivity index (χ1) is 8.82. The maximum Gasteiger partial charge on any atom is 0.323 e. The van der Waals surface area contributed by atoms with Crippen LogP contribution >= 0.6 is 0 Å². The van der Waals surface area contributed by atoms with Gasteiger partial charge in [-0.2, -0.15) is 0 Å². The van der Waals surface area contributed by atoms with Gasteiger partial charge in [-0.15, -0.1) is 0 Å². The standard InChI is InChI=1S/C15H23NO3/c1-6-12-9-11(7-8-13(12)19-5)10-16(4)15(2,3)14(17)18/h7-9H,6,10H2,1-5H3,(H,17,18). The van der Waals surface area contributed by atoms with Gasteiger partial charge in [-0.3, -0.25) is 9.69 Å². The highest BCUT2D eigenvalue weighted by Gasteiger charge is 2.31. The van der Waals surface area contributed by atoms with Gasteiger partial charge in [0, 0.05) is 6.54 Å². The Balaban J connectivity index is 2.91. The van der Waals surface area contributed by atoms with E-state index >= 15 is 0 Å². The molecule has 0 saturated carbocycles. The van der Waals surface area contributed by atoms with Crippen molar-refractivity contribution in [1.82, 2.24) is 4.90 Å². The number of aryl methyl sites for hydroxylation is 1. The van der Waals surface area contributed by atoms with Crippen molar-refractivity contribution in [2.24, 2.45) is 0 Å². The minimum atomic E-state index is -0.883. The van der Waals surface area contributed by atoms with Crippen LogP contribution in [0.3, 0.4) is 0 Å². The third-order valence-electron chi connectivity index (χ3n) is 3.62. The third kappa shape index (κ3) is 3.47. The van der Waals surface area contributed by atoms with E-state index in [9.17, 15) is 9.90 Å². The van der Waals surface area contributed by atoms with E-state index in [0.29, 0.717) is 6.54 Å². The van der Waals surface area contributed by atoms with Crippen LogP contribution in [0.1, 0.15) is 31.9 Å². The molecule has 0 amide bonds. The maximum absolute atomic E-state index is 11.2. The SMILES string of the molecule is CCc1cc(CN(C)C(C)(C)C(=O)O)ccc1OC. The predicted octanol–water partition coefficient (Wildman–Crippen LogP) is 2.55. The fourth-order valence-electron chi connectivity index (χ4n) is 1.84. The van der Waals surface area contributed by atoms with Crippen molar-refractivity contribution in [3.63, 3.8) is 0 Å². The minimum absolute atomic E-state index is 0.594. The van der Waals surface area contributed by atoms with Gasteiger partial charge in [0.2, 0.25) is 0 Å². The van der Waals surface area contributed by atoms with Crippen molar-refractivity contribution in [3.8, 4) is 5.75 Å². The largest absolute Gasteiger partial charge is 0.496 e. The molecule has 0 aliphatic carbocycles. The monoisotopic (exact) mass is 265 g/mol. The van der Waals surface area contributed by atoms with E-state index in [1.54, 1.807) is 21.0 Å². The predicted molar refractivity (Wildman–Crippen MR) is 75.6 cm³/mol. The molecule has 0 heterocycles. The Morgan fingerprint density at radius 2 is 2.05 bits per heavy atom. The van der Waals surface area contributed by atoms with Crippen LogP contribution in [0.4, 0.5) is 0 Å². The summed E-state index contributed by atoms with van der Waals surface area (Å²) in [4.78, 5) is 13.0. The number of ether oxygens (including phenoxy) is 1. The van der Waals surface area contributed by atoms with Crippen molar-refractivity contribution >= 4 is 5.97 Å². The zero-order valence-corrected chi connectivity index (χ0v) is 12.4. The summed E-state index contributed by atoms with van der Waals surface area (Å²) >= 11 is 0. The van der Waals surface area contributed by atoms with Crippen LogP contribution in [-0.2, 0) is 17.8 Å². The average molecular weight is 265 g/mol. The molecule has 1 aromatic rings. The molecule has 19 heavy (non-hydrogen) atoms. The van der Waals surface area contributed by atoms with E-state index in [1.165, 1.54) is 0 Å². The van der Waals surface area contributed by atoms with Crippen LogP contribution in [0.15, 0.2) is 18.2 Å². The molecular formula is C15H23NO3. The molecule has 0 saturated heterocycles. The average Bonchev–Trinajstić information content (AvgIpc) is 2.38. The normalized spacial score (nSPS) is 11.7. The summed E-state index contributed by atoms with van der Waals surface area (Å²) in [7, 11) is 3.48. The lowest BCUT2D eigenvalue weighted by molar-refractivity contribution is -0.148. The number of hydrogen-bond acceptors (Lipinski definition) is 3. The number of carboxylic acids is 1. The second kappa shape index (κ2) is 6.06. The smallest absolute Gasteiger partial charge is 0.323 e. The van der Waals surface area contributed by atoms with Gasteiger partial charge in [0.15, 0.2) is 0 Å². The first kappa shape index (κ1) is 15.5. The molecule has 1 aromatic carbocycles. The van der Waals surface area contributed by atoms with Crippen molar-refractivity contribution in [1.29, 1.82) is 0 Å². The van der Waals surface area contributed by atoms with E-state index in [2.05, 4.69) is 13.0 Å². The quantitative estimate of drug-likeness (QED) is 0.858. The Hall–Kier alpha value is -1.55. The molecule has 0 fully saturated rings. The summed E-state index contributed by atoms with van der Waals surface area (Å²) in [6.45, 7) is 6.09. The second-order valence-electron chi connectivity index (χ2n) is 5.22. The van der Waals surface area contributed by atoms with Crippen LogP contribution in [0, 0.1) is 0 Å². The number of carboxylic acid groups (broad SMARTS) is 1. The molecule has 0 radical (unpaired) electrons. The Kier molecular flexibility index (Phi) is 4.95. The number of likely N-dealkylation sites (N-methyl/N-ethyl adjacent to an activating group) is 1. The van der Waals surface area contributed by atoms with Crippen molar-refractivity contribution in [2.75, 3.05) is 14.2 Å². The zero-order valence-electron chi connectivity index (χ0n) is 12.4. The number of benzene rings is 1. The molecule has 0 aliphatic heterocycles. The number of rotatable bonds is 6. The van der Waals surface area contributed by atoms with Gasteiger partial charge in [-0.1, -0.05) is 19.1 Å². The summed E-state index contributed by atoms with van der Waals surface area (Å²) in [6.07, 6.45) is 0.892. The van der Waals surface area contributed by atoms with Gasteiger partial charge in [0.05, 0.1) is 7.11 Å². The fourth-order valence-corrected chi connectivity index (χ4v) is 1.84. The first-order valence-corrected chi connectivity index (χ1v) is 6.43. The van der Waals surface area contributed by atoms with Gasteiger partial charge < -0.3 is 9.84 Å². The summed E-state index contributed by atoms with van der Waals surface area (Å²) < 4.78 is 5.29. The summed E-state index contributed by atoms with van der Waals surface area (Å²) in [6, 6.07) is 6.00. The highest BCUT2D eigenvalue weighted by Crippen LogP contribution is 2.23. The Bertz CT molecular complexity index is 455. The van der Waals surface area contributed by atoms with E-state index in [4.69, 9.17) is 4.74 Å². The summed E-state index contributed by atoms with van der Waals surface area (Å²) in [5, 5.41) is 9.21. The van der Waals surface area contributed by atoms with Crippen molar-refractivity contribution < 1.29 is 14.6 Å². The Morgan fingerprint density at radius 1 is 1.42 bits per heavy atom. The molecule has 4 heteroatoms. The lowest BCUT2D eigenvalue weighted by Gasteiger charge is -2.31. The number of carbonyl (C=O) groups is 1. The molecule has 4 nitrogen and oxygen atoms in total. The molecule has 0 bridgehead atoms. The zero-order chi connectivity index (χ0) is 14.6. The van der Waals surface area contributed by atoms with E-state index in [1.807, 2.05) is 24.1 Å². The first-order valence-electron chi connectivity index (χ1n) is 6.43. The third-order valence-corrected chi connectivity index (χ3v) is 3.62.